The Labute approximate surface area is 175 Å². The molecule has 3 aromatic carbocycles. The van der Waals surface area contributed by atoms with Crippen LogP contribution < -0.4 is 14.8 Å². The second kappa shape index (κ2) is 10.7. The summed E-state index contributed by atoms with van der Waals surface area (Å²) in [7, 11) is 1.58. The molecule has 0 atom stereocenters. The van der Waals surface area contributed by atoms with Crippen molar-refractivity contribution in [2.24, 2.45) is 0 Å². The maximum Gasteiger partial charge on any atom is 0.338 e. The SMILES string of the molecule is COc1cccc(CNC(=O)COC(=O)c2ccc(OCc3ccccc3)cc2)c1. The molecular weight excluding hydrogens is 382 g/mol. The largest absolute Gasteiger partial charge is 0.497 e. The van der Waals surface area contributed by atoms with Crippen molar-refractivity contribution in [1.29, 1.82) is 0 Å². The van der Waals surface area contributed by atoms with E-state index in [0.717, 1.165) is 11.1 Å². The van der Waals surface area contributed by atoms with E-state index < -0.39 is 5.97 Å². The number of amides is 1. The van der Waals surface area contributed by atoms with E-state index in [1.807, 2.05) is 54.6 Å². The predicted octanol–water partition coefficient (Wildman–Crippen LogP) is 3.75. The number of nitrogens with one attached hydrogen (secondary N) is 1. The first-order valence-electron chi connectivity index (χ1n) is 9.47. The van der Waals surface area contributed by atoms with E-state index in [-0.39, 0.29) is 12.5 Å². The zero-order valence-corrected chi connectivity index (χ0v) is 16.7. The lowest BCUT2D eigenvalue weighted by Gasteiger charge is -2.09. The molecule has 0 saturated heterocycles. The van der Waals surface area contributed by atoms with Gasteiger partial charge < -0.3 is 19.5 Å². The summed E-state index contributed by atoms with van der Waals surface area (Å²) in [6.45, 7) is 0.411. The highest BCUT2D eigenvalue weighted by Gasteiger charge is 2.10. The van der Waals surface area contributed by atoms with E-state index in [1.165, 1.54) is 0 Å². The average molecular weight is 405 g/mol. The van der Waals surface area contributed by atoms with Crippen molar-refractivity contribution in [2.45, 2.75) is 13.2 Å². The molecule has 0 saturated carbocycles. The van der Waals surface area contributed by atoms with Crippen molar-refractivity contribution in [1.82, 2.24) is 5.32 Å². The lowest BCUT2D eigenvalue weighted by Crippen LogP contribution is -2.28. The molecule has 1 N–H and O–H groups in total. The number of esters is 1. The Balaban J connectivity index is 1.42. The van der Waals surface area contributed by atoms with E-state index in [9.17, 15) is 9.59 Å². The van der Waals surface area contributed by atoms with Crippen molar-refractivity contribution in [3.63, 3.8) is 0 Å². The Hall–Kier alpha value is -3.80. The number of carbonyl (C=O) groups excluding carboxylic acids is 2. The van der Waals surface area contributed by atoms with Crippen LogP contribution in [0.5, 0.6) is 11.5 Å². The molecule has 6 nitrogen and oxygen atoms in total. The first-order valence-corrected chi connectivity index (χ1v) is 9.47. The van der Waals surface area contributed by atoms with Crippen LogP contribution in [0.25, 0.3) is 0 Å². The summed E-state index contributed by atoms with van der Waals surface area (Å²) < 4.78 is 15.9. The summed E-state index contributed by atoms with van der Waals surface area (Å²) in [5.41, 5.74) is 2.30. The molecular formula is C24H23NO5. The quantitative estimate of drug-likeness (QED) is 0.549. The van der Waals surface area contributed by atoms with Gasteiger partial charge in [-0.3, -0.25) is 4.79 Å². The monoisotopic (exact) mass is 405 g/mol. The van der Waals surface area contributed by atoms with Crippen molar-refractivity contribution in [3.05, 3.63) is 95.6 Å². The fraction of sp³-hybridized carbons (Fsp3) is 0.167. The molecule has 6 heteroatoms. The molecule has 0 aromatic heterocycles. The molecule has 0 spiro atoms. The van der Waals surface area contributed by atoms with Crippen LogP contribution in [0.1, 0.15) is 21.5 Å². The van der Waals surface area contributed by atoms with E-state index in [0.29, 0.717) is 30.2 Å². The number of hydrogen-bond acceptors (Lipinski definition) is 5. The van der Waals surface area contributed by atoms with Crippen molar-refractivity contribution < 1.29 is 23.8 Å². The van der Waals surface area contributed by atoms with Crippen LogP contribution in [0.4, 0.5) is 0 Å². The van der Waals surface area contributed by atoms with Crippen molar-refractivity contribution in [2.75, 3.05) is 13.7 Å². The van der Waals surface area contributed by atoms with Gasteiger partial charge in [-0.05, 0) is 47.5 Å². The first-order chi connectivity index (χ1) is 14.6. The minimum atomic E-state index is -0.568. The third-order valence-corrected chi connectivity index (χ3v) is 4.30. The van der Waals surface area contributed by atoms with Gasteiger partial charge in [0.05, 0.1) is 12.7 Å². The van der Waals surface area contributed by atoms with Crippen molar-refractivity contribution >= 4 is 11.9 Å². The van der Waals surface area contributed by atoms with Crippen LogP contribution in [0.2, 0.25) is 0 Å². The Kier molecular flexibility index (Phi) is 7.44. The Morgan fingerprint density at radius 3 is 2.30 bits per heavy atom. The average Bonchev–Trinajstić information content (AvgIpc) is 2.81. The first kappa shape index (κ1) is 20.9. The number of ether oxygens (including phenoxy) is 3. The van der Waals surface area contributed by atoms with Gasteiger partial charge in [-0.25, -0.2) is 4.79 Å². The van der Waals surface area contributed by atoms with Gasteiger partial charge in [-0.1, -0.05) is 42.5 Å². The molecule has 0 aliphatic heterocycles. The van der Waals surface area contributed by atoms with Gasteiger partial charge >= 0.3 is 5.97 Å². The number of benzene rings is 3. The second-order valence-electron chi connectivity index (χ2n) is 6.50. The molecule has 0 radical (unpaired) electrons. The molecule has 3 rings (SSSR count). The van der Waals surface area contributed by atoms with Gasteiger partial charge in [0, 0.05) is 6.54 Å². The lowest BCUT2D eigenvalue weighted by atomic mass is 10.2. The molecule has 0 aliphatic rings. The van der Waals surface area contributed by atoms with E-state index in [2.05, 4.69) is 5.32 Å². The van der Waals surface area contributed by atoms with Gasteiger partial charge in [0.1, 0.15) is 18.1 Å². The van der Waals surface area contributed by atoms with Gasteiger partial charge in [-0.15, -0.1) is 0 Å². The van der Waals surface area contributed by atoms with Crippen LogP contribution in [-0.2, 0) is 22.7 Å². The Morgan fingerprint density at radius 2 is 1.57 bits per heavy atom. The molecule has 0 fully saturated rings. The molecule has 0 unspecified atom stereocenters. The number of methoxy groups -OCH3 is 1. The van der Waals surface area contributed by atoms with Gasteiger partial charge in [-0.2, -0.15) is 0 Å². The third-order valence-electron chi connectivity index (χ3n) is 4.30. The molecule has 3 aromatic rings. The summed E-state index contributed by atoms with van der Waals surface area (Å²) in [6.07, 6.45) is 0. The van der Waals surface area contributed by atoms with Crippen LogP contribution in [0.3, 0.4) is 0 Å². The zero-order valence-electron chi connectivity index (χ0n) is 16.7. The number of carbonyl (C=O) groups is 2. The fourth-order valence-electron chi connectivity index (χ4n) is 2.68. The zero-order chi connectivity index (χ0) is 21.2. The summed E-state index contributed by atoms with van der Waals surface area (Å²) >= 11 is 0. The van der Waals surface area contributed by atoms with Crippen LogP contribution in [0.15, 0.2) is 78.9 Å². The van der Waals surface area contributed by atoms with Gasteiger partial charge in [0.15, 0.2) is 6.61 Å². The predicted molar refractivity (Wildman–Crippen MR) is 112 cm³/mol. The highest BCUT2D eigenvalue weighted by Crippen LogP contribution is 2.15. The summed E-state index contributed by atoms with van der Waals surface area (Å²) in [6, 6.07) is 23.8. The maximum atomic E-state index is 12.1. The maximum absolute atomic E-state index is 12.1. The normalized spacial score (nSPS) is 10.2. The third kappa shape index (κ3) is 6.38. The fourth-order valence-corrected chi connectivity index (χ4v) is 2.68. The molecule has 154 valence electrons. The highest BCUT2D eigenvalue weighted by molar-refractivity contribution is 5.91. The molecule has 0 bridgehead atoms. The summed E-state index contributed by atoms with van der Waals surface area (Å²) in [5.74, 6) is 0.408. The van der Waals surface area contributed by atoms with E-state index >= 15 is 0 Å². The standard InChI is InChI=1S/C24H23NO5/c1-28-22-9-5-8-19(14-22)15-25-23(26)17-30-24(27)20-10-12-21(13-11-20)29-16-18-6-3-2-4-7-18/h2-14H,15-17H2,1H3,(H,25,26). The lowest BCUT2D eigenvalue weighted by molar-refractivity contribution is -0.124. The van der Waals surface area contributed by atoms with Crippen LogP contribution >= 0.6 is 0 Å². The van der Waals surface area contributed by atoms with Crippen molar-refractivity contribution in [3.8, 4) is 11.5 Å². The van der Waals surface area contributed by atoms with Gasteiger partial charge in [0.25, 0.3) is 5.91 Å². The smallest absolute Gasteiger partial charge is 0.338 e. The molecule has 0 aliphatic carbocycles. The second-order valence-corrected chi connectivity index (χ2v) is 6.50. The minimum absolute atomic E-state index is 0.320. The Morgan fingerprint density at radius 1 is 0.833 bits per heavy atom. The summed E-state index contributed by atoms with van der Waals surface area (Å²) in [4.78, 5) is 24.1. The van der Waals surface area contributed by atoms with E-state index in [1.54, 1.807) is 31.4 Å². The number of rotatable bonds is 9. The minimum Gasteiger partial charge on any atom is -0.497 e. The highest BCUT2D eigenvalue weighted by atomic mass is 16.5. The Bertz CT molecular complexity index is 970. The molecule has 0 heterocycles. The topological polar surface area (TPSA) is 73.9 Å². The van der Waals surface area contributed by atoms with Gasteiger partial charge in [0.2, 0.25) is 0 Å². The molecule has 1 amide bonds. The van der Waals surface area contributed by atoms with Crippen LogP contribution in [0, 0.1) is 0 Å². The van der Waals surface area contributed by atoms with E-state index in [4.69, 9.17) is 14.2 Å². The number of hydrogen-bond donors (Lipinski definition) is 1. The van der Waals surface area contributed by atoms with Crippen LogP contribution in [-0.4, -0.2) is 25.6 Å². The summed E-state index contributed by atoms with van der Waals surface area (Å²) in [5, 5.41) is 2.71. The molecule has 30 heavy (non-hydrogen) atoms.